The average molecular weight is 295 g/mol. The molecule has 0 bridgehead atoms. The molecule has 1 atom stereocenters. The van der Waals surface area contributed by atoms with Crippen LogP contribution in [0.25, 0.3) is 0 Å². The van der Waals surface area contributed by atoms with Gasteiger partial charge in [0.05, 0.1) is 6.20 Å². The van der Waals surface area contributed by atoms with E-state index in [1.54, 1.807) is 10.4 Å². The molecule has 0 amide bonds. The lowest BCUT2D eigenvalue weighted by atomic mass is 10.3. The maximum atomic E-state index is 12.5. The summed E-state index contributed by atoms with van der Waals surface area (Å²) in [6.07, 6.45) is 1.53. The molecule has 0 aliphatic carbocycles. The molecule has 0 aromatic carbocycles. The third-order valence-corrected chi connectivity index (χ3v) is 5.03. The monoisotopic (exact) mass is 294 g/mol. The number of aryl methyl sites for hydroxylation is 1. The van der Waals surface area contributed by atoms with E-state index in [4.69, 9.17) is 0 Å². The summed E-state index contributed by atoms with van der Waals surface area (Å²) in [5, 5.41) is 7.48. The van der Waals surface area contributed by atoms with Crippen molar-refractivity contribution in [2.24, 2.45) is 0 Å². The van der Waals surface area contributed by atoms with Gasteiger partial charge in [0.25, 0.3) is 10.0 Å². The zero-order valence-electron chi connectivity index (χ0n) is 10.5. The van der Waals surface area contributed by atoms with Crippen molar-refractivity contribution in [2.75, 3.05) is 19.6 Å². The Hall–Kier alpha value is -0.630. The molecule has 1 unspecified atom stereocenters. The fourth-order valence-electron chi connectivity index (χ4n) is 2.08. The standard InChI is InChI=1S/C10H18N4O2S.ClH/c1-3-13-10(4-5-12-13)17(15,16)14-7-6-11-8-9(14)2;/h4-5,9,11H,3,6-8H2,1-2H3;1H. The maximum Gasteiger partial charge on any atom is 0.260 e. The number of piperazine rings is 1. The van der Waals surface area contributed by atoms with Crippen LogP contribution in [-0.4, -0.2) is 48.2 Å². The predicted molar refractivity (Wildman–Crippen MR) is 71.4 cm³/mol. The number of halogens is 1. The Morgan fingerprint density at radius 3 is 2.89 bits per heavy atom. The van der Waals surface area contributed by atoms with Gasteiger partial charge in [-0.3, -0.25) is 4.68 Å². The summed E-state index contributed by atoms with van der Waals surface area (Å²) in [6, 6.07) is 1.54. The predicted octanol–water partition coefficient (Wildman–Crippen LogP) is 0.307. The number of hydrogen-bond acceptors (Lipinski definition) is 4. The van der Waals surface area contributed by atoms with Gasteiger partial charge >= 0.3 is 0 Å². The highest BCUT2D eigenvalue weighted by Gasteiger charge is 2.32. The van der Waals surface area contributed by atoms with Gasteiger partial charge in [0, 0.05) is 32.2 Å². The van der Waals surface area contributed by atoms with Crippen molar-refractivity contribution in [3.8, 4) is 0 Å². The molecule has 1 saturated heterocycles. The van der Waals surface area contributed by atoms with Crippen molar-refractivity contribution in [3.05, 3.63) is 12.3 Å². The van der Waals surface area contributed by atoms with Crippen LogP contribution in [0.1, 0.15) is 13.8 Å². The Morgan fingerprint density at radius 1 is 1.56 bits per heavy atom. The van der Waals surface area contributed by atoms with Crippen molar-refractivity contribution in [1.29, 1.82) is 0 Å². The number of rotatable bonds is 3. The van der Waals surface area contributed by atoms with Gasteiger partial charge < -0.3 is 5.32 Å². The van der Waals surface area contributed by atoms with Crippen LogP contribution >= 0.6 is 12.4 Å². The first kappa shape index (κ1) is 15.4. The molecule has 1 aromatic heterocycles. The van der Waals surface area contributed by atoms with Crippen LogP contribution in [0.4, 0.5) is 0 Å². The number of sulfonamides is 1. The van der Waals surface area contributed by atoms with Crippen molar-refractivity contribution >= 4 is 22.4 Å². The van der Waals surface area contributed by atoms with Gasteiger partial charge in [-0.05, 0) is 19.9 Å². The second-order valence-corrected chi connectivity index (χ2v) is 5.99. The van der Waals surface area contributed by atoms with Crippen molar-refractivity contribution in [2.45, 2.75) is 31.5 Å². The van der Waals surface area contributed by atoms with E-state index in [1.165, 1.54) is 10.9 Å². The summed E-state index contributed by atoms with van der Waals surface area (Å²) >= 11 is 0. The van der Waals surface area contributed by atoms with Crippen molar-refractivity contribution < 1.29 is 8.42 Å². The Morgan fingerprint density at radius 2 is 2.28 bits per heavy atom. The van der Waals surface area contributed by atoms with Crippen LogP contribution < -0.4 is 5.32 Å². The van der Waals surface area contributed by atoms with E-state index in [2.05, 4.69) is 10.4 Å². The number of nitrogens with zero attached hydrogens (tertiary/aromatic N) is 3. The molecule has 2 rings (SSSR count). The first-order chi connectivity index (χ1) is 8.07. The summed E-state index contributed by atoms with van der Waals surface area (Å²) in [5.74, 6) is 0. The lowest BCUT2D eigenvalue weighted by molar-refractivity contribution is 0.281. The highest BCUT2D eigenvalue weighted by Crippen LogP contribution is 2.18. The van der Waals surface area contributed by atoms with E-state index in [0.717, 1.165) is 0 Å². The molecule has 1 N–H and O–H groups in total. The van der Waals surface area contributed by atoms with Crippen LogP contribution in [-0.2, 0) is 16.6 Å². The minimum atomic E-state index is -3.42. The quantitative estimate of drug-likeness (QED) is 0.871. The second kappa shape index (κ2) is 6.01. The first-order valence-electron chi connectivity index (χ1n) is 5.81. The minimum Gasteiger partial charge on any atom is -0.314 e. The van der Waals surface area contributed by atoms with Gasteiger partial charge in [-0.25, -0.2) is 8.42 Å². The topological polar surface area (TPSA) is 67.2 Å². The average Bonchev–Trinajstić information content (AvgIpc) is 2.78. The first-order valence-corrected chi connectivity index (χ1v) is 7.25. The zero-order valence-corrected chi connectivity index (χ0v) is 12.2. The van der Waals surface area contributed by atoms with E-state index in [1.807, 2.05) is 13.8 Å². The summed E-state index contributed by atoms with van der Waals surface area (Å²) in [7, 11) is -3.42. The lowest BCUT2D eigenvalue weighted by Gasteiger charge is -2.32. The molecular formula is C10H19ClN4O2S. The zero-order chi connectivity index (χ0) is 12.5. The minimum absolute atomic E-state index is 0. The molecule has 1 aliphatic rings. The molecule has 1 fully saturated rings. The van der Waals surface area contributed by atoms with E-state index in [0.29, 0.717) is 26.2 Å². The molecular weight excluding hydrogens is 276 g/mol. The Bertz CT molecular complexity index is 488. The Kier molecular flexibility index (Phi) is 5.15. The summed E-state index contributed by atoms with van der Waals surface area (Å²) in [4.78, 5) is 0. The van der Waals surface area contributed by atoms with Crippen LogP contribution in [0.2, 0.25) is 0 Å². The van der Waals surface area contributed by atoms with Crippen LogP contribution in [0.5, 0.6) is 0 Å². The number of aromatic nitrogens is 2. The third-order valence-electron chi connectivity index (χ3n) is 2.99. The number of nitrogens with one attached hydrogen (secondary N) is 1. The molecule has 6 nitrogen and oxygen atoms in total. The molecule has 1 aliphatic heterocycles. The summed E-state index contributed by atoms with van der Waals surface area (Å²) in [5.41, 5.74) is 0. The van der Waals surface area contributed by atoms with Crippen LogP contribution in [0, 0.1) is 0 Å². The molecule has 0 spiro atoms. The highest BCUT2D eigenvalue weighted by atomic mass is 35.5. The van der Waals surface area contributed by atoms with Crippen LogP contribution in [0.3, 0.4) is 0 Å². The lowest BCUT2D eigenvalue weighted by Crippen LogP contribution is -2.52. The van der Waals surface area contributed by atoms with Gasteiger partial charge in [-0.15, -0.1) is 12.4 Å². The fourth-order valence-corrected chi connectivity index (χ4v) is 3.87. The maximum absolute atomic E-state index is 12.5. The second-order valence-electron chi connectivity index (χ2n) is 4.15. The van der Waals surface area contributed by atoms with Gasteiger partial charge in [0.1, 0.15) is 0 Å². The SMILES string of the molecule is CCn1nccc1S(=O)(=O)N1CCNCC1C.Cl. The molecule has 1 aromatic rings. The Balaban J connectivity index is 0.00000162. The molecule has 0 saturated carbocycles. The normalized spacial score (nSPS) is 21.6. The molecule has 8 heteroatoms. The van der Waals surface area contributed by atoms with Gasteiger partial charge in [0.2, 0.25) is 0 Å². The van der Waals surface area contributed by atoms with E-state index < -0.39 is 10.0 Å². The van der Waals surface area contributed by atoms with Gasteiger partial charge in [-0.1, -0.05) is 0 Å². The highest BCUT2D eigenvalue weighted by molar-refractivity contribution is 7.89. The largest absolute Gasteiger partial charge is 0.314 e. The fraction of sp³-hybridized carbons (Fsp3) is 0.700. The van der Waals surface area contributed by atoms with Gasteiger partial charge in [0.15, 0.2) is 5.03 Å². The molecule has 2 heterocycles. The van der Waals surface area contributed by atoms with E-state index >= 15 is 0 Å². The van der Waals surface area contributed by atoms with Crippen LogP contribution in [0.15, 0.2) is 17.3 Å². The summed E-state index contributed by atoms with van der Waals surface area (Å²) in [6.45, 7) is 6.26. The molecule has 104 valence electrons. The third kappa shape index (κ3) is 2.69. The van der Waals surface area contributed by atoms with E-state index in [-0.39, 0.29) is 23.5 Å². The smallest absolute Gasteiger partial charge is 0.260 e. The van der Waals surface area contributed by atoms with Gasteiger partial charge in [-0.2, -0.15) is 9.40 Å². The van der Waals surface area contributed by atoms with Crippen molar-refractivity contribution in [3.63, 3.8) is 0 Å². The number of hydrogen-bond donors (Lipinski definition) is 1. The Labute approximate surface area is 114 Å². The molecule has 0 radical (unpaired) electrons. The van der Waals surface area contributed by atoms with E-state index in [9.17, 15) is 8.42 Å². The van der Waals surface area contributed by atoms with Crippen molar-refractivity contribution in [1.82, 2.24) is 19.4 Å². The molecule has 18 heavy (non-hydrogen) atoms. The summed E-state index contributed by atoms with van der Waals surface area (Å²) < 4.78 is 28.0.